The van der Waals surface area contributed by atoms with Crippen LogP contribution in [0.2, 0.25) is 0 Å². The largest absolute Gasteiger partial charge is 0.306 e. The molecule has 0 aliphatic rings. The summed E-state index contributed by atoms with van der Waals surface area (Å²) < 4.78 is 0. The quantitative estimate of drug-likeness (QED) is 0.850. The molecule has 0 amide bonds. The zero-order valence-electron chi connectivity index (χ0n) is 12.8. The molecular weight excluding hydrogens is 264 g/mol. The maximum Gasteiger partial charge on any atom is 0.0900 e. The zero-order valence-corrected chi connectivity index (χ0v) is 13.6. The molecule has 1 aromatic carbocycles. The summed E-state index contributed by atoms with van der Waals surface area (Å²) in [5, 5.41) is 4.91. The molecule has 20 heavy (non-hydrogen) atoms. The van der Waals surface area contributed by atoms with Gasteiger partial charge in [0.2, 0.25) is 0 Å². The van der Waals surface area contributed by atoms with Crippen LogP contribution in [0.15, 0.2) is 30.3 Å². The Balaban J connectivity index is 2.01. The fourth-order valence-corrected chi connectivity index (χ4v) is 3.54. The Labute approximate surface area is 126 Å². The van der Waals surface area contributed by atoms with Gasteiger partial charge in [-0.1, -0.05) is 37.3 Å². The van der Waals surface area contributed by atoms with Crippen molar-refractivity contribution in [3.05, 3.63) is 51.5 Å². The highest BCUT2D eigenvalue weighted by Gasteiger charge is 2.16. The van der Waals surface area contributed by atoms with E-state index in [0.29, 0.717) is 12.1 Å². The fourth-order valence-electron chi connectivity index (χ4n) is 2.60. The van der Waals surface area contributed by atoms with Gasteiger partial charge in [-0.2, -0.15) is 0 Å². The van der Waals surface area contributed by atoms with Crippen molar-refractivity contribution in [2.45, 2.75) is 52.6 Å². The van der Waals surface area contributed by atoms with Gasteiger partial charge in [-0.05, 0) is 39.2 Å². The number of aromatic nitrogens is 1. The highest BCUT2D eigenvalue weighted by atomic mass is 32.1. The van der Waals surface area contributed by atoms with Crippen molar-refractivity contribution < 1.29 is 0 Å². The standard InChI is InChI=1S/C17H24N2S/c1-5-16(11-15-9-7-6-8-10-15)19-13(3)17-12(2)18-14(4)20-17/h6-10,13,16,19H,5,11H2,1-4H3. The molecule has 1 aromatic heterocycles. The number of hydrogen-bond acceptors (Lipinski definition) is 3. The van der Waals surface area contributed by atoms with Crippen LogP contribution in [0.1, 0.15) is 47.5 Å². The smallest absolute Gasteiger partial charge is 0.0900 e. The molecule has 0 radical (unpaired) electrons. The lowest BCUT2D eigenvalue weighted by Crippen LogP contribution is -2.32. The summed E-state index contributed by atoms with van der Waals surface area (Å²) in [6, 6.07) is 11.6. The summed E-state index contributed by atoms with van der Waals surface area (Å²) in [5.41, 5.74) is 2.57. The second-order valence-electron chi connectivity index (χ2n) is 5.37. The van der Waals surface area contributed by atoms with Gasteiger partial charge in [0.1, 0.15) is 0 Å². The average molecular weight is 288 g/mol. The molecule has 3 heteroatoms. The van der Waals surface area contributed by atoms with Gasteiger partial charge < -0.3 is 5.32 Å². The molecule has 0 bridgehead atoms. The summed E-state index contributed by atoms with van der Waals surface area (Å²) in [6.45, 7) is 8.68. The molecule has 0 aliphatic carbocycles. The normalized spacial score (nSPS) is 14.2. The Morgan fingerprint density at radius 2 is 1.90 bits per heavy atom. The minimum absolute atomic E-state index is 0.370. The van der Waals surface area contributed by atoms with E-state index in [1.165, 1.54) is 16.1 Å². The lowest BCUT2D eigenvalue weighted by Gasteiger charge is -2.22. The van der Waals surface area contributed by atoms with Gasteiger partial charge in [-0.15, -0.1) is 11.3 Å². The third-order valence-corrected chi connectivity index (χ3v) is 4.89. The van der Waals surface area contributed by atoms with E-state index in [9.17, 15) is 0 Å². The van der Waals surface area contributed by atoms with E-state index in [1.807, 2.05) is 11.3 Å². The molecule has 1 N–H and O–H groups in total. The number of thiazole rings is 1. The second-order valence-corrected chi connectivity index (χ2v) is 6.60. The van der Waals surface area contributed by atoms with Crippen molar-refractivity contribution in [2.75, 3.05) is 0 Å². The molecule has 0 aliphatic heterocycles. The van der Waals surface area contributed by atoms with E-state index in [0.717, 1.165) is 17.8 Å². The van der Waals surface area contributed by atoms with Gasteiger partial charge in [0, 0.05) is 17.0 Å². The summed E-state index contributed by atoms with van der Waals surface area (Å²) in [4.78, 5) is 5.90. The van der Waals surface area contributed by atoms with Gasteiger partial charge in [0.05, 0.1) is 10.7 Å². The van der Waals surface area contributed by atoms with Crippen LogP contribution in [-0.4, -0.2) is 11.0 Å². The second kappa shape index (κ2) is 7.00. The summed E-state index contributed by atoms with van der Waals surface area (Å²) in [6.07, 6.45) is 2.22. The van der Waals surface area contributed by atoms with Crippen LogP contribution in [0.3, 0.4) is 0 Å². The average Bonchev–Trinajstić information content (AvgIpc) is 2.78. The summed E-state index contributed by atoms with van der Waals surface area (Å²) in [5.74, 6) is 0. The topological polar surface area (TPSA) is 24.9 Å². The predicted molar refractivity (Wildman–Crippen MR) is 87.4 cm³/mol. The molecule has 0 spiro atoms. The van der Waals surface area contributed by atoms with Crippen molar-refractivity contribution in [3.8, 4) is 0 Å². The van der Waals surface area contributed by atoms with Gasteiger partial charge in [0.25, 0.3) is 0 Å². The van der Waals surface area contributed by atoms with E-state index in [-0.39, 0.29) is 0 Å². The molecule has 108 valence electrons. The van der Waals surface area contributed by atoms with Crippen LogP contribution < -0.4 is 5.32 Å². The minimum Gasteiger partial charge on any atom is -0.306 e. The van der Waals surface area contributed by atoms with Crippen LogP contribution in [0.5, 0.6) is 0 Å². The number of nitrogens with one attached hydrogen (secondary N) is 1. The van der Waals surface area contributed by atoms with Crippen molar-refractivity contribution in [1.29, 1.82) is 0 Å². The molecule has 0 saturated heterocycles. The molecule has 2 aromatic rings. The third-order valence-electron chi connectivity index (χ3n) is 3.64. The zero-order chi connectivity index (χ0) is 14.5. The highest BCUT2D eigenvalue weighted by Crippen LogP contribution is 2.25. The molecular formula is C17H24N2S. The maximum absolute atomic E-state index is 4.53. The van der Waals surface area contributed by atoms with E-state index in [2.05, 4.69) is 68.3 Å². The lowest BCUT2D eigenvalue weighted by atomic mass is 10.0. The monoisotopic (exact) mass is 288 g/mol. The fraction of sp³-hybridized carbons (Fsp3) is 0.471. The van der Waals surface area contributed by atoms with Crippen LogP contribution in [0.25, 0.3) is 0 Å². The van der Waals surface area contributed by atoms with Crippen molar-refractivity contribution in [3.63, 3.8) is 0 Å². The first-order valence-electron chi connectivity index (χ1n) is 7.34. The van der Waals surface area contributed by atoms with E-state index in [4.69, 9.17) is 0 Å². The van der Waals surface area contributed by atoms with Crippen molar-refractivity contribution >= 4 is 11.3 Å². The highest BCUT2D eigenvalue weighted by molar-refractivity contribution is 7.11. The van der Waals surface area contributed by atoms with E-state index in [1.54, 1.807) is 0 Å². The number of nitrogens with zero attached hydrogens (tertiary/aromatic N) is 1. The van der Waals surface area contributed by atoms with Crippen LogP contribution in [0, 0.1) is 13.8 Å². The molecule has 1 heterocycles. The number of rotatable bonds is 6. The lowest BCUT2D eigenvalue weighted by molar-refractivity contribution is 0.442. The first-order valence-corrected chi connectivity index (χ1v) is 8.15. The number of hydrogen-bond donors (Lipinski definition) is 1. The van der Waals surface area contributed by atoms with Crippen LogP contribution in [0.4, 0.5) is 0 Å². The Kier molecular flexibility index (Phi) is 5.32. The number of aryl methyl sites for hydroxylation is 2. The molecule has 2 rings (SSSR count). The van der Waals surface area contributed by atoms with Gasteiger partial charge in [-0.25, -0.2) is 4.98 Å². The molecule has 0 saturated carbocycles. The van der Waals surface area contributed by atoms with Gasteiger partial charge in [0.15, 0.2) is 0 Å². The maximum atomic E-state index is 4.53. The number of benzene rings is 1. The summed E-state index contributed by atoms with van der Waals surface area (Å²) >= 11 is 1.81. The predicted octanol–water partition coefficient (Wildman–Crippen LogP) is 4.43. The first-order chi connectivity index (χ1) is 9.60. The Morgan fingerprint density at radius 1 is 1.20 bits per heavy atom. The van der Waals surface area contributed by atoms with E-state index < -0.39 is 0 Å². The molecule has 2 nitrogen and oxygen atoms in total. The molecule has 0 fully saturated rings. The van der Waals surface area contributed by atoms with Crippen molar-refractivity contribution in [1.82, 2.24) is 10.3 Å². The molecule has 2 unspecified atom stereocenters. The van der Waals surface area contributed by atoms with Crippen molar-refractivity contribution in [2.24, 2.45) is 0 Å². The minimum atomic E-state index is 0.370. The third kappa shape index (κ3) is 3.90. The SMILES string of the molecule is CCC(Cc1ccccc1)NC(C)c1sc(C)nc1C. The molecule has 2 atom stereocenters. The first kappa shape index (κ1) is 15.2. The Hall–Kier alpha value is -1.19. The Morgan fingerprint density at radius 3 is 2.45 bits per heavy atom. The van der Waals surface area contributed by atoms with Gasteiger partial charge >= 0.3 is 0 Å². The van der Waals surface area contributed by atoms with Gasteiger partial charge in [-0.3, -0.25) is 0 Å². The van der Waals surface area contributed by atoms with Crippen LogP contribution in [-0.2, 0) is 6.42 Å². The summed E-state index contributed by atoms with van der Waals surface area (Å²) in [7, 11) is 0. The van der Waals surface area contributed by atoms with E-state index >= 15 is 0 Å². The Bertz CT molecular complexity index is 533. The van der Waals surface area contributed by atoms with Crippen LogP contribution >= 0.6 is 11.3 Å².